The molecule has 1 atom stereocenters. The summed E-state index contributed by atoms with van der Waals surface area (Å²) in [6, 6.07) is -0.516. The van der Waals surface area contributed by atoms with Crippen LogP contribution in [0.5, 0.6) is 0 Å². The minimum atomic E-state index is -4.57. The molecule has 0 radical (unpaired) electrons. The topological polar surface area (TPSA) is 62.2 Å². The van der Waals surface area contributed by atoms with Gasteiger partial charge in [0.15, 0.2) is 0 Å². The molecule has 0 spiro atoms. The lowest BCUT2D eigenvalue weighted by Crippen LogP contribution is -2.29. The van der Waals surface area contributed by atoms with Gasteiger partial charge in [0.2, 0.25) is 0 Å². The van der Waals surface area contributed by atoms with E-state index in [0.29, 0.717) is 12.3 Å². The second-order valence-corrected chi connectivity index (χ2v) is 3.90. The highest BCUT2D eigenvalue weighted by atomic mass is 35.5. The van der Waals surface area contributed by atoms with Gasteiger partial charge in [-0.1, -0.05) is 11.6 Å². The number of carboxylic acids is 1. The van der Waals surface area contributed by atoms with Gasteiger partial charge in [0, 0.05) is 12.6 Å². The van der Waals surface area contributed by atoms with E-state index < -0.39 is 23.8 Å². The molecule has 0 aliphatic rings. The summed E-state index contributed by atoms with van der Waals surface area (Å²) in [5.41, 5.74) is -1.02. The first kappa shape index (κ1) is 15.1. The van der Waals surface area contributed by atoms with Crippen molar-refractivity contribution in [3.8, 4) is 12.3 Å². The van der Waals surface area contributed by atoms with Crippen molar-refractivity contribution in [2.45, 2.75) is 18.6 Å². The average molecular weight is 293 g/mol. The highest BCUT2D eigenvalue weighted by Gasteiger charge is 2.31. The van der Waals surface area contributed by atoms with Crippen molar-refractivity contribution in [1.82, 2.24) is 4.98 Å². The first-order chi connectivity index (χ1) is 8.75. The first-order valence-electron chi connectivity index (χ1n) is 4.91. The number of carboxylic acid groups (broad SMARTS) is 1. The van der Waals surface area contributed by atoms with Crippen LogP contribution in [0.2, 0.25) is 5.02 Å². The molecule has 1 aromatic rings. The number of nitrogens with one attached hydrogen (secondary N) is 1. The number of pyridine rings is 1. The molecule has 19 heavy (non-hydrogen) atoms. The number of carbonyl (C=O) groups is 1. The maximum Gasteiger partial charge on any atom is 0.417 e. The van der Waals surface area contributed by atoms with Crippen molar-refractivity contribution >= 4 is 23.4 Å². The molecule has 4 nitrogen and oxygen atoms in total. The molecule has 1 unspecified atom stereocenters. The fraction of sp³-hybridized carbons (Fsp3) is 0.273. The Morgan fingerprint density at radius 3 is 2.68 bits per heavy atom. The number of alkyl halides is 3. The fourth-order valence-electron chi connectivity index (χ4n) is 1.18. The molecule has 102 valence electrons. The molecular weight excluding hydrogens is 285 g/mol. The fourth-order valence-corrected chi connectivity index (χ4v) is 1.40. The van der Waals surface area contributed by atoms with Crippen LogP contribution in [0.1, 0.15) is 12.0 Å². The Labute approximate surface area is 111 Å². The van der Waals surface area contributed by atoms with Gasteiger partial charge in [0.05, 0.1) is 10.6 Å². The zero-order chi connectivity index (χ0) is 14.6. The Morgan fingerprint density at radius 2 is 2.26 bits per heavy atom. The third-order valence-electron chi connectivity index (χ3n) is 2.10. The molecule has 1 aromatic heterocycles. The van der Waals surface area contributed by atoms with E-state index in [9.17, 15) is 18.0 Å². The quantitative estimate of drug-likeness (QED) is 0.838. The molecule has 0 aliphatic heterocycles. The van der Waals surface area contributed by atoms with Crippen LogP contribution < -0.4 is 5.32 Å². The number of halogens is 4. The van der Waals surface area contributed by atoms with Gasteiger partial charge in [0.25, 0.3) is 0 Å². The van der Waals surface area contributed by atoms with Crippen molar-refractivity contribution in [3.05, 3.63) is 22.8 Å². The summed E-state index contributed by atoms with van der Waals surface area (Å²) in [6.07, 6.45) is 0.816. The molecule has 8 heteroatoms. The molecule has 0 fully saturated rings. The Kier molecular flexibility index (Phi) is 4.62. The molecule has 1 rings (SSSR count). The normalized spacial score (nSPS) is 12.6. The lowest BCUT2D eigenvalue weighted by molar-refractivity contribution is -0.138. The van der Waals surface area contributed by atoms with Crippen molar-refractivity contribution in [2.24, 2.45) is 0 Å². The molecule has 0 saturated carbocycles. The van der Waals surface area contributed by atoms with Crippen molar-refractivity contribution in [2.75, 3.05) is 5.32 Å². The number of terminal acetylenes is 1. The minimum Gasteiger partial charge on any atom is -0.480 e. The molecule has 0 amide bonds. The molecule has 0 bridgehead atoms. The van der Waals surface area contributed by atoms with Gasteiger partial charge in [0.1, 0.15) is 11.9 Å². The summed E-state index contributed by atoms with van der Waals surface area (Å²) in [5.74, 6) is 0.707. The molecule has 0 aromatic carbocycles. The highest BCUT2D eigenvalue weighted by molar-refractivity contribution is 6.33. The van der Waals surface area contributed by atoms with Crippen LogP contribution in [0.25, 0.3) is 0 Å². The van der Waals surface area contributed by atoms with Crippen molar-refractivity contribution in [3.63, 3.8) is 0 Å². The highest BCUT2D eigenvalue weighted by Crippen LogP contribution is 2.32. The van der Waals surface area contributed by atoms with Crippen LogP contribution in [-0.4, -0.2) is 22.1 Å². The second kappa shape index (κ2) is 5.80. The number of aliphatic carboxylic acids is 1. The van der Waals surface area contributed by atoms with E-state index in [2.05, 4.69) is 16.2 Å². The summed E-state index contributed by atoms with van der Waals surface area (Å²) in [4.78, 5) is 14.3. The van der Waals surface area contributed by atoms with Crippen LogP contribution in [0.15, 0.2) is 12.3 Å². The predicted molar refractivity (Wildman–Crippen MR) is 62.7 cm³/mol. The Hall–Kier alpha value is -1.94. The monoisotopic (exact) mass is 292 g/mol. The summed E-state index contributed by atoms with van der Waals surface area (Å²) in [5, 5.41) is 10.9. The number of anilines is 1. The molecule has 0 saturated heterocycles. The van der Waals surface area contributed by atoms with Gasteiger partial charge in [-0.25, -0.2) is 9.78 Å². The molecule has 0 aliphatic carbocycles. The van der Waals surface area contributed by atoms with Crippen molar-refractivity contribution < 1.29 is 23.1 Å². The van der Waals surface area contributed by atoms with Gasteiger partial charge < -0.3 is 10.4 Å². The van der Waals surface area contributed by atoms with E-state index in [1.165, 1.54) is 0 Å². The van der Waals surface area contributed by atoms with Crippen LogP contribution in [-0.2, 0) is 11.0 Å². The van der Waals surface area contributed by atoms with Crippen LogP contribution in [0, 0.1) is 12.3 Å². The van der Waals surface area contributed by atoms with E-state index in [-0.39, 0.29) is 17.3 Å². The predicted octanol–water partition coefficient (Wildman–Crippen LogP) is 2.64. The molecule has 2 N–H and O–H groups in total. The summed E-state index contributed by atoms with van der Waals surface area (Å²) < 4.78 is 37.1. The van der Waals surface area contributed by atoms with Crippen molar-refractivity contribution in [1.29, 1.82) is 0 Å². The van der Waals surface area contributed by atoms with Gasteiger partial charge in [-0.15, -0.1) is 12.3 Å². The largest absolute Gasteiger partial charge is 0.480 e. The molecule has 1 heterocycles. The summed E-state index contributed by atoms with van der Waals surface area (Å²) >= 11 is 5.61. The van der Waals surface area contributed by atoms with E-state index >= 15 is 0 Å². The Bertz CT molecular complexity index is 526. The van der Waals surface area contributed by atoms with E-state index in [1.807, 2.05) is 0 Å². The van der Waals surface area contributed by atoms with Gasteiger partial charge in [-0.05, 0) is 6.07 Å². The van der Waals surface area contributed by atoms with Crippen LogP contribution >= 0.6 is 11.6 Å². The van der Waals surface area contributed by atoms with Gasteiger partial charge in [-0.3, -0.25) is 0 Å². The Morgan fingerprint density at radius 1 is 1.63 bits per heavy atom. The first-order valence-corrected chi connectivity index (χ1v) is 5.29. The lowest BCUT2D eigenvalue weighted by Gasteiger charge is -2.14. The Balaban J connectivity index is 2.97. The summed E-state index contributed by atoms with van der Waals surface area (Å²) in [6.45, 7) is 0. The maximum absolute atomic E-state index is 12.4. The third kappa shape index (κ3) is 4.03. The molecular formula is C11H8ClF3N2O2. The lowest BCUT2D eigenvalue weighted by atomic mass is 10.2. The second-order valence-electron chi connectivity index (χ2n) is 3.50. The number of hydrogen-bond donors (Lipinski definition) is 2. The standard InChI is InChI=1S/C11H8ClF3N2O2/c1-2-3-8(10(18)19)17-9-7(12)4-6(5-16-9)11(13,14)15/h1,4-5,8H,3H2,(H,16,17)(H,18,19). The zero-order valence-electron chi connectivity index (χ0n) is 9.33. The summed E-state index contributed by atoms with van der Waals surface area (Å²) in [7, 11) is 0. The number of nitrogens with zero attached hydrogens (tertiary/aromatic N) is 1. The van der Waals surface area contributed by atoms with Gasteiger partial charge in [-0.2, -0.15) is 13.2 Å². The van der Waals surface area contributed by atoms with E-state index in [0.717, 1.165) is 0 Å². The van der Waals surface area contributed by atoms with Crippen LogP contribution in [0.3, 0.4) is 0 Å². The van der Waals surface area contributed by atoms with Gasteiger partial charge >= 0.3 is 12.1 Å². The van der Waals surface area contributed by atoms with Crippen LogP contribution in [0.4, 0.5) is 19.0 Å². The SMILES string of the molecule is C#CCC(Nc1ncc(C(F)(F)F)cc1Cl)C(=O)O. The smallest absolute Gasteiger partial charge is 0.417 e. The number of rotatable bonds is 4. The third-order valence-corrected chi connectivity index (χ3v) is 2.39. The maximum atomic E-state index is 12.4. The van der Waals surface area contributed by atoms with E-state index in [4.69, 9.17) is 23.1 Å². The average Bonchev–Trinajstić information content (AvgIpc) is 2.29. The number of aromatic nitrogens is 1. The zero-order valence-corrected chi connectivity index (χ0v) is 10.1. The number of hydrogen-bond acceptors (Lipinski definition) is 3. The minimum absolute atomic E-state index is 0.158. The van der Waals surface area contributed by atoms with E-state index in [1.54, 1.807) is 0 Å².